The molecule has 0 saturated carbocycles. The zero-order valence-electron chi connectivity index (χ0n) is 8.40. The summed E-state index contributed by atoms with van der Waals surface area (Å²) in [7, 11) is 0. The number of ether oxygens (including phenoxy) is 2. The summed E-state index contributed by atoms with van der Waals surface area (Å²) in [6.45, 7) is 4.76. The molecule has 1 amide bonds. The lowest BCUT2D eigenvalue weighted by atomic mass is 10.3. The molecule has 0 aliphatic carbocycles. The third-order valence-electron chi connectivity index (χ3n) is 1.81. The van der Waals surface area contributed by atoms with E-state index in [9.17, 15) is 4.79 Å². The molecule has 1 heterocycles. The van der Waals surface area contributed by atoms with Crippen molar-refractivity contribution in [3.05, 3.63) is 0 Å². The molecule has 0 N–H and O–H groups in total. The normalized spacial score (nSPS) is 21.9. The first kappa shape index (κ1) is 10.8. The lowest BCUT2D eigenvalue weighted by molar-refractivity contribution is -0.00775. The van der Waals surface area contributed by atoms with E-state index >= 15 is 0 Å². The smallest absolute Gasteiger partial charge is 0.410 e. The lowest BCUT2D eigenvalue weighted by Crippen LogP contribution is -2.45. The number of amides is 1. The number of nitrogens with zero attached hydrogens (tertiary/aromatic N) is 2. The number of hydrogen-bond acceptors (Lipinski definition) is 4. The number of nitriles is 1. The van der Waals surface area contributed by atoms with Crippen LogP contribution in [0.25, 0.3) is 0 Å². The van der Waals surface area contributed by atoms with Gasteiger partial charge in [-0.2, -0.15) is 5.26 Å². The summed E-state index contributed by atoms with van der Waals surface area (Å²) in [4.78, 5) is 12.9. The van der Waals surface area contributed by atoms with Gasteiger partial charge in [0.2, 0.25) is 0 Å². The topological polar surface area (TPSA) is 62.6 Å². The Morgan fingerprint density at radius 3 is 3.00 bits per heavy atom. The van der Waals surface area contributed by atoms with Crippen LogP contribution in [0, 0.1) is 11.3 Å². The summed E-state index contributed by atoms with van der Waals surface area (Å²) in [5, 5.41) is 8.62. The Kier molecular flexibility index (Phi) is 3.72. The predicted octanol–water partition coefficient (Wildman–Crippen LogP) is 0.756. The van der Waals surface area contributed by atoms with Crippen molar-refractivity contribution in [1.29, 1.82) is 5.26 Å². The van der Waals surface area contributed by atoms with Gasteiger partial charge in [-0.15, -0.1) is 0 Å². The van der Waals surface area contributed by atoms with Crippen LogP contribution in [0.5, 0.6) is 0 Å². The summed E-state index contributed by atoms with van der Waals surface area (Å²) in [5.74, 6) is 0. The number of hydrogen-bond donors (Lipinski definition) is 0. The zero-order valence-corrected chi connectivity index (χ0v) is 8.40. The van der Waals surface area contributed by atoms with Gasteiger partial charge >= 0.3 is 6.09 Å². The number of carbonyl (C=O) groups is 1. The van der Waals surface area contributed by atoms with Gasteiger partial charge in [0.15, 0.2) is 6.10 Å². The number of morpholine rings is 1. The van der Waals surface area contributed by atoms with Gasteiger partial charge in [0.1, 0.15) is 0 Å². The molecule has 5 heteroatoms. The largest absolute Gasteiger partial charge is 0.447 e. The molecule has 1 fully saturated rings. The van der Waals surface area contributed by atoms with Crippen molar-refractivity contribution in [3.63, 3.8) is 0 Å². The molecule has 78 valence electrons. The minimum absolute atomic E-state index is 0.133. The molecule has 0 spiro atoms. The molecule has 0 aromatic rings. The molecular weight excluding hydrogens is 184 g/mol. The molecule has 1 aliphatic heterocycles. The second kappa shape index (κ2) is 4.82. The first-order valence-electron chi connectivity index (χ1n) is 4.60. The Labute approximate surface area is 83.2 Å². The van der Waals surface area contributed by atoms with E-state index in [4.69, 9.17) is 14.7 Å². The molecule has 1 atom stereocenters. The fourth-order valence-electron chi connectivity index (χ4n) is 1.17. The van der Waals surface area contributed by atoms with Gasteiger partial charge < -0.3 is 14.4 Å². The number of carbonyl (C=O) groups excluding carboxylic acids is 1. The minimum atomic E-state index is -0.525. The fraction of sp³-hybridized carbons (Fsp3) is 0.778. The molecule has 0 aromatic heterocycles. The van der Waals surface area contributed by atoms with Crippen LogP contribution in [0.15, 0.2) is 0 Å². The Bertz CT molecular complexity index is 247. The van der Waals surface area contributed by atoms with Crippen LogP contribution in [0.1, 0.15) is 13.8 Å². The van der Waals surface area contributed by atoms with Crippen molar-refractivity contribution in [2.75, 3.05) is 19.7 Å². The molecule has 1 unspecified atom stereocenters. The Morgan fingerprint density at radius 2 is 2.43 bits per heavy atom. The van der Waals surface area contributed by atoms with Gasteiger partial charge in [0.05, 0.1) is 25.3 Å². The first-order valence-corrected chi connectivity index (χ1v) is 4.60. The average Bonchev–Trinajstić information content (AvgIpc) is 2.17. The van der Waals surface area contributed by atoms with Crippen LogP contribution in [0.2, 0.25) is 0 Å². The molecule has 0 bridgehead atoms. The highest BCUT2D eigenvalue weighted by atomic mass is 16.6. The van der Waals surface area contributed by atoms with E-state index in [0.717, 1.165) is 0 Å². The third kappa shape index (κ3) is 2.89. The maximum atomic E-state index is 11.4. The Morgan fingerprint density at radius 1 is 1.71 bits per heavy atom. The van der Waals surface area contributed by atoms with E-state index in [1.165, 1.54) is 4.90 Å². The van der Waals surface area contributed by atoms with Crippen LogP contribution in [-0.2, 0) is 9.47 Å². The summed E-state index contributed by atoms with van der Waals surface area (Å²) >= 11 is 0. The Balaban J connectivity index is 2.44. The summed E-state index contributed by atoms with van der Waals surface area (Å²) in [5.41, 5.74) is 0. The van der Waals surface area contributed by atoms with Gasteiger partial charge in [0, 0.05) is 6.54 Å². The van der Waals surface area contributed by atoms with Crippen molar-refractivity contribution in [2.24, 2.45) is 0 Å². The van der Waals surface area contributed by atoms with E-state index in [2.05, 4.69) is 0 Å². The molecular formula is C9H14N2O3. The van der Waals surface area contributed by atoms with Crippen LogP contribution in [0.4, 0.5) is 4.79 Å². The molecule has 1 saturated heterocycles. The second-order valence-electron chi connectivity index (χ2n) is 3.37. The van der Waals surface area contributed by atoms with E-state index in [1.807, 2.05) is 6.07 Å². The predicted molar refractivity (Wildman–Crippen MR) is 48.5 cm³/mol. The van der Waals surface area contributed by atoms with Crippen molar-refractivity contribution in [2.45, 2.75) is 26.1 Å². The van der Waals surface area contributed by atoms with Crippen molar-refractivity contribution >= 4 is 6.09 Å². The maximum Gasteiger partial charge on any atom is 0.410 e. The lowest BCUT2D eigenvalue weighted by Gasteiger charge is -2.29. The van der Waals surface area contributed by atoms with Gasteiger partial charge in [0.25, 0.3) is 0 Å². The van der Waals surface area contributed by atoms with E-state index in [1.54, 1.807) is 13.8 Å². The molecule has 0 aromatic carbocycles. The summed E-state index contributed by atoms with van der Waals surface area (Å²) in [6.07, 6.45) is -1.03. The highest BCUT2D eigenvalue weighted by Crippen LogP contribution is 2.06. The molecule has 1 rings (SSSR count). The van der Waals surface area contributed by atoms with E-state index < -0.39 is 6.10 Å². The summed E-state index contributed by atoms with van der Waals surface area (Å²) < 4.78 is 10.1. The monoisotopic (exact) mass is 198 g/mol. The molecule has 14 heavy (non-hydrogen) atoms. The first-order chi connectivity index (χ1) is 6.63. The van der Waals surface area contributed by atoms with E-state index in [-0.39, 0.29) is 12.2 Å². The standard InChI is InChI=1S/C9H14N2O3/c1-7(2)14-9(12)11-3-4-13-8(5-10)6-11/h7-8H,3-4,6H2,1-2H3. The zero-order chi connectivity index (χ0) is 10.6. The van der Waals surface area contributed by atoms with Gasteiger partial charge in [-0.25, -0.2) is 4.79 Å². The number of rotatable bonds is 1. The van der Waals surface area contributed by atoms with Gasteiger partial charge in [-0.3, -0.25) is 0 Å². The fourth-order valence-corrected chi connectivity index (χ4v) is 1.17. The quantitative estimate of drug-likeness (QED) is 0.624. The SMILES string of the molecule is CC(C)OC(=O)N1CCOC(C#N)C1. The van der Waals surface area contributed by atoms with Crippen LogP contribution in [0.3, 0.4) is 0 Å². The van der Waals surface area contributed by atoms with Crippen molar-refractivity contribution in [1.82, 2.24) is 4.90 Å². The van der Waals surface area contributed by atoms with Gasteiger partial charge in [-0.05, 0) is 13.8 Å². The highest BCUT2D eigenvalue weighted by Gasteiger charge is 2.25. The third-order valence-corrected chi connectivity index (χ3v) is 1.81. The average molecular weight is 198 g/mol. The van der Waals surface area contributed by atoms with Crippen LogP contribution >= 0.6 is 0 Å². The minimum Gasteiger partial charge on any atom is -0.447 e. The maximum absolute atomic E-state index is 11.4. The van der Waals surface area contributed by atoms with Crippen LogP contribution < -0.4 is 0 Å². The van der Waals surface area contributed by atoms with Crippen molar-refractivity contribution in [3.8, 4) is 6.07 Å². The second-order valence-corrected chi connectivity index (χ2v) is 3.37. The van der Waals surface area contributed by atoms with Crippen molar-refractivity contribution < 1.29 is 14.3 Å². The Hall–Kier alpha value is -1.28. The van der Waals surface area contributed by atoms with Gasteiger partial charge in [-0.1, -0.05) is 0 Å². The molecule has 5 nitrogen and oxygen atoms in total. The van der Waals surface area contributed by atoms with E-state index in [0.29, 0.717) is 19.7 Å². The summed E-state index contributed by atoms with van der Waals surface area (Å²) in [6, 6.07) is 1.97. The van der Waals surface area contributed by atoms with Crippen LogP contribution in [-0.4, -0.2) is 42.9 Å². The highest BCUT2D eigenvalue weighted by molar-refractivity contribution is 5.68. The molecule has 0 radical (unpaired) electrons. The molecule has 1 aliphatic rings.